The van der Waals surface area contributed by atoms with E-state index in [4.69, 9.17) is 0 Å². The number of rotatable bonds is 2. The Morgan fingerprint density at radius 1 is 1.09 bits per heavy atom. The van der Waals surface area contributed by atoms with E-state index in [0.717, 1.165) is 26.2 Å². The Morgan fingerprint density at radius 2 is 1.86 bits per heavy atom. The highest BCUT2D eigenvalue weighted by Gasteiger charge is 2.15. The van der Waals surface area contributed by atoms with Crippen LogP contribution in [0.5, 0.6) is 0 Å². The van der Waals surface area contributed by atoms with Crippen LogP contribution in [0.3, 0.4) is 0 Å². The van der Waals surface area contributed by atoms with Crippen molar-refractivity contribution in [2.24, 2.45) is 0 Å². The van der Waals surface area contributed by atoms with Crippen LogP contribution in [-0.2, 0) is 0 Å². The van der Waals surface area contributed by atoms with E-state index in [9.17, 15) is 4.79 Å². The van der Waals surface area contributed by atoms with Crippen molar-refractivity contribution in [1.82, 2.24) is 19.5 Å². The highest BCUT2D eigenvalue weighted by Crippen LogP contribution is 2.15. The fourth-order valence-electron chi connectivity index (χ4n) is 2.68. The molecule has 1 fully saturated rings. The number of para-hydroxylation sites is 1. The summed E-state index contributed by atoms with van der Waals surface area (Å²) in [6, 6.07) is 10.4. The molecule has 7 heteroatoms. The molecule has 0 N–H and O–H groups in total. The number of benzene rings is 1. The van der Waals surface area contributed by atoms with E-state index in [0.29, 0.717) is 9.49 Å². The fourth-order valence-corrected chi connectivity index (χ4v) is 3.57. The summed E-state index contributed by atoms with van der Waals surface area (Å²) in [5, 5.41) is 3.94. The standard InChI is InChI=1S/C15H15N5OS/c21-14-13(22-15-16-11-17-20(14)15)10-18-6-8-19(9-7-18)12-4-2-1-3-5-12/h1-5,10-11H,6-9H2/b13-10-. The minimum atomic E-state index is -0.0806. The average Bonchev–Trinajstić information content (AvgIpc) is 3.13. The zero-order valence-electron chi connectivity index (χ0n) is 11.9. The molecule has 4 rings (SSSR count). The molecule has 1 aliphatic rings. The van der Waals surface area contributed by atoms with Gasteiger partial charge in [0.25, 0.3) is 5.56 Å². The van der Waals surface area contributed by atoms with Gasteiger partial charge in [-0.15, -0.1) is 0 Å². The minimum absolute atomic E-state index is 0.0806. The number of aromatic nitrogens is 3. The molecule has 0 atom stereocenters. The maximum atomic E-state index is 12.2. The molecule has 6 nitrogen and oxygen atoms in total. The number of hydrogen-bond donors (Lipinski definition) is 0. The summed E-state index contributed by atoms with van der Waals surface area (Å²) in [5.74, 6) is 0. The first-order valence-electron chi connectivity index (χ1n) is 7.20. The predicted octanol–water partition coefficient (Wildman–Crippen LogP) is 0.430. The first-order chi connectivity index (χ1) is 10.8. The molecule has 1 saturated heterocycles. The van der Waals surface area contributed by atoms with Gasteiger partial charge in [0.05, 0.1) is 0 Å². The topological polar surface area (TPSA) is 53.7 Å². The quantitative estimate of drug-likeness (QED) is 0.687. The third kappa shape index (κ3) is 2.33. The second kappa shape index (κ2) is 5.42. The molecule has 3 heterocycles. The summed E-state index contributed by atoms with van der Waals surface area (Å²) < 4.78 is 2.06. The van der Waals surface area contributed by atoms with Crippen LogP contribution >= 0.6 is 11.3 Å². The normalized spacial score (nSPS) is 16.6. The van der Waals surface area contributed by atoms with Crippen molar-refractivity contribution in [2.75, 3.05) is 31.1 Å². The Labute approximate surface area is 130 Å². The van der Waals surface area contributed by atoms with Crippen LogP contribution in [0.2, 0.25) is 0 Å². The molecule has 0 bridgehead atoms. The third-order valence-electron chi connectivity index (χ3n) is 3.86. The molecule has 0 amide bonds. The largest absolute Gasteiger partial charge is 0.373 e. The van der Waals surface area contributed by atoms with E-state index in [2.05, 4.69) is 44.1 Å². The summed E-state index contributed by atoms with van der Waals surface area (Å²) in [7, 11) is 0. The molecule has 0 aliphatic carbocycles. The highest BCUT2D eigenvalue weighted by molar-refractivity contribution is 7.14. The van der Waals surface area contributed by atoms with Crippen molar-refractivity contribution in [3.63, 3.8) is 0 Å². The molecule has 0 spiro atoms. The van der Waals surface area contributed by atoms with Crippen LogP contribution in [0.25, 0.3) is 11.2 Å². The summed E-state index contributed by atoms with van der Waals surface area (Å²) in [4.78, 5) is 21.4. The number of nitrogens with zero attached hydrogens (tertiary/aromatic N) is 5. The van der Waals surface area contributed by atoms with Crippen molar-refractivity contribution in [3.8, 4) is 0 Å². The van der Waals surface area contributed by atoms with Gasteiger partial charge in [0.15, 0.2) is 0 Å². The second-order valence-electron chi connectivity index (χ2n) is 5.21. The Kier molecular flexibility index (Phi) is 3.27. The van der Waals surface area contributed by atoms with Gasteiger partial charge in [0, 0.05) is 38.1 Å². The first kappa shape index (κ1) is 13.3. The molecule has 0 unspecified atom stereocenters. The smallest absolute Gasteiger partial charge is 0.292 e. The van der Waals surface area contributed by atoms with Gasteiger partial charge >= 0.3 is 0 Å². The molecular weight excluding hydrogens is 298 g/mol. The lowest BCUT2D eigenvalue weighted by Crippen LogP contribution is -2.45. The maximum absolute atomic E-state index is 12.2. The number of hydrogen-bond acceptors (Lipinski definition) is 6. The van der Waals surface area contributed by atoms with Gasteiger partial charge in [0.1, 0.15) is 10.9 Å². The molecule has 0 radical (unpaired) electrons. The number of piperazine rings is 1. The fraction of sp³-hybridized carbons (Fsp3) is 0.267. The van der Waals surface area contributed by atoms with Gasteiger partial charge in [-0.2, -0.15) is 9.61 Å². The van der Waals surface area contributed by atoms with Gasteiger partial charge in [-0.1, -0.05) is 29.5 Å². The van der Waals surface area contributed by atoms with Crippen molar-refractivity contribution in [1.29, 1.82) is 0 Å². The third-order valence-corrected chi connectivity index (χ3v) is 4.82. The molecule has 1 aromatic carbocycles. The molecule has 112 valence electrons. The molecule has 1 aliphatic heterocycles. The summed E-state index contributed by atoms with van der Waals surface area (Å²) >= 11 is 1.39. The minimum Gasteiger partial charge on any atom is -0.373 e. The van der Waals surface area contributed by atoms with E-state index in [1.165, 1.54) is 27.9 Å². The van der Waals surface area contributed by atoms with Crippen molar-refractivity contribution in [3.05, 3.63) is 51.5 Å². The van der Waals surface area contributed by atoms with Crippen molar-refractivity contribution >= 4 is 28.2 Å². The molecule has 22 heavy (non-hydrogen) atoms. The SMILES string of the molecule is O=c1/c(=C/N2CCN(c3ccccc3)CC2)sc2ncnn12. The van der Waals surface area contributed by atoms with E-state index in [1.54, 1.807) is 0 Å². The summed E-state index contributed by atoms with van der Waals surface area (Å²) in [6.07, 6.45) is 3.36. The van der Waals surface area contributed by atoms with Crippen LogP contribution in [-0.4, -0.2) is 45.7 Å². The lowest BCUT2D eigenvalue weighted by molar-refractivity contribution is 0.379. The van der Waals surface area contributed by atoms with Crippen molar-refractivity contribution in [2.45, 2.75) is 0 Å². The Morgan fingerprint density at radius 3 is 2.59 bits per heavy atom. The van der Waals surface area contributed by atoms with Gasteiger partial charge in [0.2, 0.25) is 4.96 Å². The van der Waals surface area contributed by atoms with Gasteiger partial charge in [-0.3, -0.25) is 4.79 Å². The van der Waals surface area contributed by atoms with Gasteiger partial charge in [-0.25, -0.2) is 4.98 Å². The van der Waals surface area contributed by atoms with Crippen LogP contribution in [0.15, 0.2) is 41.5 Å². The van der Waals surface area contributed by atoms with Crippen LogP contribution in [0, 0.1) is 0 Å². The highest BCUT2D eigenvalue weighted by atomic mass is 32.1. The molecular formula is C15H15N5OS. The van der Waals surface area contributed by atoms with E-state index in [1.807, 2.05) is 12.3 Å². The summed E-state index contributed by atoms with van der Waals surface area (Å²) in [6.45, 7) is 3.72. The van der Waals surface area contributed by atoms with Crippen molar-refractivity contribution < 1.29 is 0 Å². The first-order valence-corrected chi connectivity index (χ1v) is 8.01. The zero-order valence-corrected chi connectivity index (χ0v) is 12.7. The van der Waals surface area contributed by atoms with Gasteiger partial charge in [-0.05, 0) is 12.1 Å². The average molecular weight is 313 g/mol. The van der Waals surface area contributed by atoms with Crippen LogP contribution < -0.4 is 15.0 Å². The second-order valence-corrected chi connectivity index (χ2v) is 6.22. The maximum Gasteiger partial charge on any atom is 0.292 e. The monoisotopic (exact) mass is 313 g/mol. The lowest BCUT2D eigenvalue weighted by Gasteiger charge is -2.35. The molecule has 2 aromatic heterocycles. The Bertz CT molecular complexity index is 880. The molecule has 3 aromatic rings. The van der Waals surface area contributed by atoms with E-state index < -0.39 is 0 Å². The molecule has 0 saturated carbocycles. The van der Waals surface area contributed by atoms with Gasteiger partial charge < -0.3 is 9.80 Å². The number of thiazole rings is 1. The Balaban J connectivity index is 1.52. The lowest BCUT2D eigenvalue weighted by atomic mass is 10.2. The van der Waals surface area contributed by atoms with Crippen LogP contribution in [0.4, 0.5) is 5.69 Å². The number of fused-ring (bicyclic) bond motifs is 1. The Hall–Kier alpha value is -2.41. The van der Waals surface area contributed by atoms with Crippen LogP contribution in [0.1, 0.15) is 0 Å². The predicted molar refractivity (Wildman–Crippen MR) is 87.0 cm³/mol. The van der Waals surface area contributed by atoms with E-state index >= 15 is 0 Å². The summed E-state index contributed by atoms with van der Waals surface area (Å²) in [5.41, 5.74) is 1.17. The zero-order chi connectivity index (χ0) is 14.9. The van der Waals surface area contributed by atoms with E-state index in [-0.39, 0.29) is 5.56 Å². The number of anilines is 1.